The van der Waals surface area contributed by atoms with Crippen LogP contribution >= 0.6 is 0 Å². The number of hydrogen-bond donors (Lipinski definition) is 0. The summed E-state index contributed by atoms with van der Waals surface area (Å²) in [7, 11) is -1.94. The molecular weight excluding hydrogens is 248 g/mol. The van der Waals surface area contributed by atoms with Gasteiger partial charge in [-0.2, -0.15) is 0 Å². The molecule has 1 aliphatic rings. The van der Waals surface area contributed by atoms with E-state index in [-0.39, 0.29) is 0 Å². The van der Waals surface area contributed by atoms with Gasteiger partial charge >= 0.3 is 0 Å². The van der Waals surface area contributed by atoms with E-state index in [2.05, 4.69) is 64.6 Å². The van der Waals surface area contributed by atoms with Gasteiger partial charge in [0.25, 0.3) is 8.32 Å². The lowest BCUT2D eigenvalue weighted by atomic mass is 10.2. The quantitative estimate of drug-likeness (QED) is 0.576. The predicted molar refractivity (Wildman–Crippen MR) is 85.0 cm³/mol. The molecule has 19 heavy (non-hydrogen) atoms. The molecule has 0 bridgehead atoms. The third-order valence-corrected chi connectivity index (χ3v) is 10.0. The lowest BCUT2D eigenvalue weighted by Gasteiger charge is -2.37. The zero-order valence-corrected chi connectivity index (χ0v) is 13.6. The van der Waals surface area contributed by atoms with E-state index in [0.29, 0.717) is 17.0 Å². The molecule has 1 saturated heterocycles. The fourth-order valence-corrected chi connectivity index (χ4v) is 8.48. The van der Waals surface area contributed by atoms with Gasteiger partial charge in [0.2, 0.25) is 0 Å². The van der Waals surface area contributed by atoms with Crippen molar-refractivity contribution in [2.24, 2.45) is 5.92 Å². The molecule has 1 nitrogen and oxygen atoms in total. The summed E-state index contributed by atoms with van der Waals surface area (Å²) in [5.41, 5.74) is 1.33. The maximum atomic E-state index is 6.62. The van der Waals surface area contributed by atoms with E-state index >= 15 is 0 Å². The first kappa shape index (κ1) is 14.4. The van der Waals surface area contributed by atoms with Crippen molar-refractivity contribution >= 4 is 13.5 Å². The van der Waals surface area contributed by atoms with Crippen molar-refractivity contribution < 1.29 is 4.43 Å². The van der Waals surface area contributed by atoms with Crippen molar-refractivity contribution in [3.63, 3.8) is 0 Å². The molecule has 2 atom stereocenters. The van der Waals surface area contributed by atoms with E-state index in [9.17, 15) is 0 Å². The summed E-state index contributed by atoms with van der Waals surface area (Å²) in [6.45, 7) is 13.2. The second-order valence-electron chi connectivity index (χ2n) is 6.26. The van der Waals surface area contributed by atoms with Gasteiger partial charge in [0.15, 0.2) is 0 Å². The largest absolute Gasteiger partial charge is 0.542 e. The van der Waals surface area contributed by atoms with Crippen LogP contribution in [0.4, 0.5) is 0 Å². The Morgan fingerprint density at radius 1 is 1.16 bits per heavy atom. The zero-order chi connectivity index (χ0) is 14.0. The van der Waals surface area contributed by atoms with Crippen LogP contribution in [0.5, 0.6) is 0 Å². The predicted octanol–water partition coefficient (Wildman–Crippen LogP) is 4.60. The van der Waals surface area contributed by atoms with Crippen LogP contribution in [0.15, 0.2) is 42.7 Å². The molecular formula is C17H26OSi. The molecule has 0 N–H and O–H groups in total. The molecule has 2 heteroatoms. The summed E-state index contributed by atoms with van der Waals surface area (Å²) in [6.07, 6.45) is 2.57. The van der Waals surface area contributed by atoms with Crippen LogP contribution in [0.2, 0.25) is 11.1 Å². The van der Waals surface area contributed by atoms with Crippen molar-refractivity contribution in [2.75, 3.05) is 0 Å². The molecule has 2 unspecified atom stereocenters. The average molecular weight is 274 g/mol. The normalized spacial score (nSPS) is 30.6. The van der Waals surface area contributed by atoms with Gasteiger partial charge in [-0.3, -0.25) is 0 Å². The molecule has 1 aromatic carbocycles. The van der Waals surface area contributed by atoms with Crippen LogP contribution in [0.3, 0.4) is 0 Å². The van der Waals surface area contributed by atoms with Crippen molar-refractivity contribution in [1.29, 1.82) is 0 Å². The standard InChI is InChI=1S/C17H26OSi/c1-13(2)16(5)18-19(14(3)11-12-15(19)4)17-9-7-6-8-10-17/h6-10,13-15H,5,11-12H2,1-4H3. The van der Waals surface area contributed by atoms with Gasteiger partial charge in [0.1, 0.15) is 0 Å². The Morgan fingerprint density at radius 3 is 2.16 bits per heavy atom. The third kappa shape index (κ3) is 2.51. The molecule has 0 aliphatic carbocycles. The Morgan fingerprint density at radius 2 is 1.68 bits per heavy atom. The van der Waals surface area contributed by atoms with Gasteiger partial charge < -0.3 is 4.43 Å². The lowest BCUT2D eigenvalue weighted by Crippen LogP contribution is -2.54. The monoisotopic (exact) mass is 274 g/mol. The van der Waals surface area contributed by atoms with Gasteiger partial charge in [0.05, 0.1) is 5.76 Å². The first-order valence-corrected chi connectivity index (χ1v) is 9.48. The minimum absolute atomic E-state index is 0.396. The number of allylic oxidation sites excluding steroid dienone is 1. The Balaban J connectivity index is 2.42. The Kier molecular flexibility index (Phi) is 4.19. The molecule has 0 spiro atoms. The first-order valence-electron chi connectivity index (χ1n) is 7.41. The van der Waals surface area contributed by atoms with Crippen LogP contribution in [-0.2, 0) is 4.43 Å². The van der Waals surface area contributed by atoms with Gasteiger partial charge in [-0.15, -0.1) is 0 Å². The average Bonchev–Trinajstić information content (AvgIpc) is 2.68. The van der Waals surface area contributed by atoms with Gasteiger partial charge in [-0.1, -0.05) is 64.6 Å². The third-order valence-electron chi connectivity index (χ3n) is 4.67. The number of benzene rings is 1. The van der Waals surface area contributed by atoms with Crippen LogP contribution in [0.25, 0.3) is 0 Å². The number of hydrogen-bond acceptors (Lipinski definition) is 1. The fourth-order valence-electron chi connectivity index (χ4n) is 3.28. The topological polar surface area (TPSA) is 9.23 Å². The van der Waals surface area contributed by atoms with Crippen LogP contribution < -0.4 is 5.19 Å². The highest BCUT2D eigenvalue weighted by Gasteiger charge is 2.53. The van der Waals surface area contributed by atoms with E-state index in [0.717, 1.165) is 5.76 Å². The van der Waals surface area contributed by atoms with Crippen LogP contribution in [0.1, 0.15) is 40.5 Å². The molecule has 0 amide bonds. The van der Waals surface area contributed by atoms with E-state index < -0.39 is 8.32 Å². The zero-order valence-electron chi connectivity index (χ0n) is 12.6. The first-order chi connectivity index (χ1) is 8.98. The summed E-state index contributed by atoms with van der Waals surface area (Å²) >= 11 is 0. The van der Waals surface area contributed by atoms with Crippen molar-refractivity contribution in [1.82, 2.24) is 0 Å². The highest BCUT2D eigenvalue weighted by atomic mass is 28.4. The van der Waals surface area contributed by atoms with Crippen LogP contribution in [-0.4, -0.2) is 8.32 Å². The maximum absolute atomic E-state index is 6.62. The number of rotatable bonds is 4. The molecule has 104 valence electrons. The molecule has 1 heterocycles. The minimum atomic E-state index is -1.94. The molecule has 1 fully saturated rings. The van der Waals surface area contributed by atoms with E-state index in [4.69, 9.17) is 4.43 Å². The fraction of sp³-hybridized carbons (Fsp3) is 0.529. The summed E-state index contributed by atoms with van der Waals surface area (Å²) in [4.78, 5) is 0. The van der Waals surface area contributed by atoms with Crippen LogP contribution in [0, 0.1) is 5.92 Å². The summed E-state index contributed by atoms with van der Waals surface area (Å²) < 4.78 is 6.62. The summed E-state index contributed by atoms with van der Waals surface area (Å²) in [5.74, 6) is 1.37. The van der Waals surface area contributed by atoms with E-state index in [1.165, 1.54) is 18.0 Å². The van der Waals surface area contributed by atoms with Crippen molar-refractivity contribution in [2.45, 2.75) is 51.6 Å². The second-order valence-corrected chi connectivity index (χ2v) is 10.6. The van der Waals surface area contributed by atoms with E-state index in [1.54, 1.807) is 0 Å². The van der Waals surface area contributed by atoms with Gasteiger partial charge in [-0.05, 0) is 29.1 Å². The SMILES string of the molecule is C=C(O[Si]1(c2ccccc2)C(C)CCC1C)C(C)C. The molecule has 2 rings (SSSR count). The molecule has 0 saturated carbocycles. The Bertz CT molecular complexity index is 428. The Hall–Kier alpha value is -1.02. The van der Waals surface area contributed by atoms with Crippen molar-refractivity contribution in [3.8, 4) is 0 Å². The highest BCUT2D eigenvalue weighted by molar-refractivity contribution is 6.89. The summed E-state index contributed by atoms with van der Waals surface area (Å²) in [5, 5.41) is 1.44. The molecule has 1 aromatic rings. The minimum Gasteiger partial charge on any atom is -0.542 e. The molecule has 0 radical (unpaired) electrons. The smallest absolute Gasteiger partial charge is 0.287 e. The maximum Gasteiger partial charge on any atom is 0.287 e. The summed E-state index contributed by atoms with van der Waals surface area (Å²) in [6, 6.07) is 10.9. The highest BCUT2D eigenvalue weighted by Crippen LogP contribution is 2.48. The van der Waals surface area contributed by atoms with Crippen molar-refractivity contribution in [3.05, 3.63) is 42.7 Å². The molecule has 0 aromatic heterocycles. The molecule has 1 aliphatic heterocycles. The second kappa shape index (κ2) is 5.54. The lowest BCUT2D eigenvalue weighted by molar-refractivity contribution is 0.354. The van der Waals surface area contributed by atoms with Gasteiger partial charge in [-0.25, -0.2) is 0 Å². The van der Waals surface area contributed by atoms with Gasteiger partial charge in [0, 0.05) is 5.92 Å². The Labute approximate surface area is 118 Å². The van der Waals surface area contributed by atoms with E-state index in [1.807, 2.05) is 0 Å².